The van der Waals surface area contributed by atoms with Gasteiger partial charge < -0.3 is 4.84 Å². The maximum absolute atomic E-state index is 12.7. The molecular weight excluding hydrogens is 353 g/mol. The van der Waals surface area contributed by atoms with Crippen LogP contribution >= 0.6 is 23.2 Å². The van der Waals surface area contributed by atoms with Crippen molar-refractivity contribution in [2.24, 2.45) is 0 Å². The maximum atomic E-state index is 12.7. The molecule has 7 nitrogen and oxygen atoms in total. The molecule has 2 aromatic heterocycles. The highest BCUT2D eigenvalue weighted by Crippen LogP contribution is 2.21. The first-order valence-electron chi connectivity index (χ1n) is 6.94. The fourth-order valence-electron chi connectivity index (χ4n) is 2.39. The summed E-state index contributed by atoms with van der Waals surface area (Å²) in [5.41, 5.74) is 0.941. The minimum atomic E-state index is -0.349. The molecular formula is C15H9Cl2N5O2. The van der Waals surface area contributed by atoms with Gasteiger partial charge in [-0.15, -0.1) is 4.73 Å². The van der Waals surface area contributed by atoms with E-state index in [0.717, 1.165) is 4.73 Å². The summed E-state index contributed by atoms with van der Waals surface area (Å²) in [5, 5.41) is 12.8. The van der Waals surface area contributed by atoms with E-state index in [1.807, 2.05) is 6.07 Å². The van der Waals surface area contributed by atoms with Crippen LogP contribution in [0.15, 0.2) is 47.3 Å². The minimum Gasteiger partial charge on any atom is -0.402 e. The van der Waals surface area contributed by atoms with Gasteiger partial charge in [0.1, 0.15) is 6.61 Å². The van der Waals surface area contributed by atoms with Crippen LogP contribution < -0.4 is 10.4 Å². The lowest BCUT2D eigenvalue weighted by atomic mass is 10.2. The van der Waals surface area contributed by atoms with Crippen molar-refractivity contribution < 1.29 is 4.84 Å². The van der Waals surface area contributed by atoms with Crippen molar-refractivity contribution in [3.05, 3.63) is 68.4 Å². The Morgan fingerprint density at radius 2 is 1.96 bits per heavy atom. The van der Waals surface area contributed by atoms with Crippen LogP contribution in [0, 0.1) is 0 Å². The summed E-state index contributed by atoms with van der Waals surface area (Å²) in [7, 11) is 0. The van der Waals surface area contributed by atoms with E-state index in [0.29, 0.717) is 26.5 Å². The molecule has 120 valence electrons. The van der Waals surface area contributed by atoms with Crippen molar-refractivity contribution >= 4 is 39.9 Å². The molecule has 24 heavy (non-hydrogen) atoms. The van der Waals surface area contributed by atoms with Crippen molar-refractivity contribution in [3.63, 3.8) is 0 Å². The highest BCUT2D eigenvalue weighted by molar-refractivity contribution is 6.35. The van der Waals surface area contributed by atoms with Crippen molar-refractivity contribution in [2.45, 2.75) is 6.61 Å². The molecule has 0 fully saturated rings. The van der Waals surface area contributed by atoms with Gasteiger partial charge in [-0.1, -0.05) is 46.5 Å². The van der Waals surface area contributed by atoms with Gasteiger partial charge in [0.2, 0.25) is 0 Å². The number of para-hydroxylation sites is 1. The van der Waals surface area contributed by atoms with Crippen LogP contribution in [0.5, 0.6) is 0 Å². The van der Waals surface area contributed by atoms with Gasteiger partial charge in [-0.25, -0.2) is 0 Å². The van der Waals surface area contributed by atoms with Crippen molar-refractivity contribution in [1.82, 2.24) is 24.8 Å². The summed E-state index contributed by atoms with van der Waals surface area (Å²) in [4.78, 5) is 18.3. The lowest BCUT2D eigenvalue weighted by molar-refractivity contribution is 0.0964. The highest BCUT2D eigenvalue weighted by Gasteiger charge is 2.14. The van der Waals surface area contributed by atoms with E-state index >= 15 is 0 Å². The summed E-state index contributed by atoms with van der Waals surface area (Å²) in [6, 6.07) is 12.1. The summed E-state index contributed by atoms with van der Waals surface area (Å²) < 4.78 is 2.51. The molecule has 0 N–H and O–H groups in total. The number of hydrogen-bond acceptors (Lipinski definition) is 5. The number of nitrogens with zero attached hydrogens (tertiary/aromatic N) is 5. The van der Waals surface area contributed by atoms with Crippen LogP contribution in [0.3, 0.4) is 0 Å². The lowest BCUT2D eigenvalue weighted by Gasteiger charge is -2.11. The quantitative estimate of drug-likeness (QED) is 0.560. The molecule has 0 bridgehead atoms. The predicted octanol–water partition coefficient (Wildman–Crippen LogP) is 2.37. The second kappa shape index (κ2) is 5.77. The van der Waals surface area contributed by atoms with E-state index in [1.54, 1.807) is 36.4 Å². The Morgan fingerprint density at radius 1 is 1.12 bits per heavy atom. The number of benzene rings is 2. The number of fused-ring (bicyclic) bond motifs is 3. The molecule has 9 heteroatoms. The summed E-state index contributed by atoms with van der Waals surface area (Å²) in [6.07, 6.45) is 0. The van der Waals surface area contributed by atoms with Gasteiger partial charge in [0.25, 0.3) is 11.3 Å². The minimum absolute atomic E-state index is 0.0662. The zero-order chi connectivity index (χ0) is 16.7. The largest absolute Gasteiger partial charge is 0.402 e. The standard InChI is InChI=1S/C15H9Cl2N5O2/c16-10-6-5-9(12(17)7-10)8-24-22-14(23)11-3-1-2-4-13(11)21-15(22)18-19-20-21/h1-7H,8H2. The van der Waals surface area contributed by atoms with E-state index in [9.17, 15) is 4.79 Å². The van der Waals surface area contributed by atoms with Crippen molar-refractivity contribution in [3.8, 4) is 0 Å². The smallest absolute Gasteiger partial charge is 0.296 e. The molecule has 0 radical (unpaired) electrons. The second-order valence-corrected chi connectivity index (χ2v) is 5.86. The van der Waals surface area contributed by atoms with E-state index in [2.05, 4.69) is 15.5 Å². The zero-order valence-electron chi connectivity index (χ0n) is 12.1. The van der Waals surface area contributed by atoms with E-state index in [4.69, 9.17) is 28.0 Å². The van der Waals surface area contributed by atoms with Crippen LogP contribution in [-0.2, 0) is 6.61 Å². The summed E-state index contributed by atoms with van der Waals surface area (Å²) >= 11 is 12.0. The maximum Gasteiger partial charge on any atom is 0.296 e. The van der Waals surface area contributed by atoms with Gasteiger partial charge >= 0.3 is 0 Å². The fraction of sp³-hybridized carbons (Fsp3) is 0.0667. The topological polar surface area (TPSA) is 74.3 Å². The van der Waals surface area contributed by atoms with E-state index in [1.165, 1.54) is 4.52 Å². The van der Waals surface area contributed by atoms with Crippen LogP contribution in [0.25, 0.3) is 16.7 Å². The molecule has 4 aromatic rings. The predicted molar refractivity (Wildman–Crippen MR) is 89.3 cm³/mol. The van der Waals surface area contributed by atoms with Crippen LogP contribution in [0.1, 0.15) is 5.56 Å². The van der Waals surface area contributed by atoms with Crippen LogP contribution in [-0.4, -0.2) is 24.8 Å². The fourth-order valence-corrected chi connectivity index (χ4v) is 2.86. The van der Waals surface area contributed by atoms with Gasteiger partial charge in [-0.2, -0.15) is 4.52 Å². The molecule has 0 spiro atoms. The Morgan fingerprint density at radius 3 is 2.79 bits per heavy atom. The Hall–Kier alpha value is -2.64. The Labute approximate surface area is 144 Å². The molecule has 2 aromatic carbocycles. The lowest BCUT2D eigenvalue weighted by Crippen LogP contribution is -2.29. The van der Waals surface area contributed by atoms with Gasteiger partial charge in [0.05, 0.1) is 10.9 Å². The molecule has 0 atom stereocenters. The Bertz CT molecular complexity index is 1120. The van der Waals surface area contributed by atoms with Gasteiger partial charge in [-0.3, -0.25) is 4.79 Å². The molecule has 0 unspecified atom stereocenters. The number of aromatic nitrogens is 5. The summed E-state index contributed by atoms with van der Waals surface area (Å²) in [6.45, 7) is 0.0662. The number of rotatable bonds is 3. The van der Waals surface area contributed by atoms with Crippen molar-refractivity contribution in [1.29, 1.82) is 0 Å². The first kappa shape index (κ1) is 14.9. The average molecular weight is 362 g/mol. The van der Waals surface area contributed by atoms with E-state index < -0.39 is 0 Å². The third-order valence-corrected chi connectivity index (χ3v) is 4.13. The van der Waals surface area contributed by atoms with Gasteiger partial charge in [0, 0.05) is 15.6 Å². The first-order valence-corrected chi connectivity index (χ1v) is 7.70. The normalized spacial score (nSPS) is 11.2. The average Bonchev–Trinajstić information content (AvgIpc) is 3.06. The SMILES string of the molecule is O=c1c2ccccc2n2nnnc2n1OCc1ccc(Cl)cc1Cl. The first-order chi connectivity index (χ1) is 11.6. The van der Waals surface area contributed by atoms with Gasteiger partial charge in [-0.05, 0) is 34.7 Å². The van der Waals surface area contributed by atoms with Crippen LogP contribution in [0.4, 0.5) is 0 Å². The van der Waals surface area contributed by atoms with Gasteiger partial charge in [0.15, 0.2) is 0 Å². The highest BCUT2D eigenvalue weighted by atomic mass is 35.5. The molecule has 0 saturated carbocycles. The second-order valence-electron chi connectivity index (χ2n) is 5.02. The van der Waals surface area contributed by atoms with Crippen molar-refractivity contribution in [2.75, 3.05) is 0 Å². The number of hydrogen-bond donors (Lipinski definition) is 0. The van der Waals surface area contributed by atoms with E-state index in [-0.39, 0.29) is 17.9 Å². The molecule has 4 rings (SSSR count). The number of tetrazole rings is 1. The third-order valence-electron chi connectivity index (χ3n) is 3.55. The Balaban J connectivity index is 1.82. The molecule has 0 aliphatic carbocycles. The summed E-state index contributed by atoms with van der Waals surface area (Å²) in [5.74, 6) is 0.184. The molecule has 2 heterocycles. The molecule has 0 saturated heterocycles. The number of halogens is 2. The third kappa shape index (κ3) is 2.38. The molecule has 0 aliphatic heterocycles. The zero-order valence-corrected chi connectivity index (χ0v) is 13.6. The molecule has 0 aliphatic rings. The van der Waals surface area contributed by atoms with Crippen LogP contribution in [0.2, 0.25) is 10.0 Å². The Kier molecular flexibility index (Phi) is 3.59. The monoisotopic (exact) mass is 361 g/mol. The molecule has 0 amide bonds.